The predicted molar refractivity (Wildman–Crippen MR) is 326 cm³/mol. The molecule has 0 saturated carbocycles. The number of nitrogens with two attached hydrogens (primary N) is 2. The highest BCUT2D eigenvalue weighted by Gasteiger charge is 2.21. The molecule has 79 heavy (non-hydrogen) atoms. The number of anilines is 3. The molecule has 11 heteroatoms. The van der Waals surface area contributed by atoms with Crippen molar-refractivity contribution in [1.29, 1.82) is 0 Å². The molecule has 0 atom stereocenters. The van der Waals surface area contributed by atoms with Gasteiger partial charge in [-0.05, 0) is 116 Å². The summed E-state index contributed by atoms with van der Waals surface area (Å²) in [6.07, 6.45) is 36.9. The molecule has 0 heterocycles. The zero-order valence-electron chi connectivity index (χ0n) is 48.6. The van der Waals surface area contributed by atoms with E-state index in [1.54, 1.807) is 103 Å². The quantitative estimate of drug-likeness (QED) is 0.0149. The summed E-state index contributed by atoms with van der Waals surface area (Å²) < 4.78 is 37.9. The highest BCUT2D eigenvalue weighted by atomic mass is 16.5. The Kier molecular flexibility index (Phi) is 31.4. The first-order valence-corrected chi connectivity index (χ1v) is 30.7. The van der Waals surface area contributed by atoms with Crippen LogP contribution < -0.4 is 45.2 Å². The highest BCUT2D eigenvalue weighted by Crippen LogP contribution is 2.40. The first kappa shape index (κ1) is 63.5. The van der Waals surface area contributed by atoms with Crippen LogP contribution in [0.2, 0.25) is 0 Å². The van der Waals surface area contributed by atoms with E-state index in [0.29, 0.717) is 94.0 Å². The average molecular weight is 1080 g/mol. The summed E-state index contributed by atoms with van der Waals surface area (Å²) in [4.78, 5) is 28.0. The molecule has 5 aromatic carbocycles. The van der Waals surface area contributed by atoms with Crippen molar-refractivity contribution in [3.8, 4) is 46.0 Å². The number of carbonyl (C=O) groups is 2. The third-order valence-corrected chi connectivity index (χ3v) is 14.2. The molecule has 5 N–H and O–H groups in total. The summed E-state index contributed by atoms with van der Waals surface area (Å²) in [6, 6.07) is 29.1. The summed E-state index contributed by atoms with van der Waals surface area (Å²) in [6.45, 7) is 8.33. The molecule has 0 saturated heterocycles. The topological polar surface area (TPSA) is 154 Å². The van der Waals surface area contributed by atoms with Gasteiger partial charge in [-0.3, -0.25) is 4.79 Å². The first-order chi connectivity index (χ1) is 38.7. The molecule has 0 fully saturated rings. The minimum atomic E-state index is -0.558. The molecule has 5 rings (SSSR count). The van der Waals surface area contributed by atoms with Crippen molar-refractivity contribution in [2.45, 2.75) is 213 Å². The van der Waals surface area contributed by atoms with Gasteiger partial charge in [0, 0.05) is 28.7 Å². The molecule has 0 bridgehead atoms. The fraction of sp³-hybridized carbons (Fsp3) is 0.529. The Morgan fingerprint density at radius 1 is 0.367 bits per heavy atom. The minimum Gasteiger partial charge on any atom is -0.490 e. The van der Waals surface area contributed by atoms with E-state index in [4.69, 9.17) is 39.9 Å². The van der Waals surface area contributed by atoms with E-state index in [-0.39, 0.29) is 0 Å². The average Bonchev–Trinajstić information content (AvgIpc) is 3.47. The lowest BCUT2D eigenvalue weighted by molar-refractivity contribution is 0.0733. The van der Waals surface area contributed by atoms with Crippen LogP contribution in [0.5, 0.6) is 46.0 Å². The van der Waals surface area contributed by atoms with Gasteiger partial charge >= 0.3 is 5.97 Å². The summed E-state index contributed by atoms with van der Waals surface area (Å²) in [7, 11) is 0. The zero-order chi connectivity index (χ0) is 56.0. The Morgan fingerprint density at radius 3 is 1.09 bits per heavy atom. The molecule has 0 aliphatic rings. The molecule has 0 aliphatic heterocycles. The minimum absolute atomic E-state index is 0.294. The van der Waals surface area contributed by atoms with Crippen LogP contribution in [0.15, 0.2) is 103 Å². The third kappa shape index (κ3) is 26.4. The molecule has 0 spiro atoms. The van der Waals surface area contributed by atoms with Crippen LogP contribution in [0.4, 0.5) is 17.1 Å². The Hall–Kier alpha value is -6.36. The van der Waals surface area contributed by atoms with Crippen LogP contribution in [-0.4, -0.2) is 31.7 Å². The van der Waals surface area contributed by atoms with Gasteiger partial charge in [0.2, 0.25) is 5.75 Å². The van der Waals surface area contributed by atoms with Crippen molar-refractivity contribution in [2.24, 2.45) is 0 Å². The molecule has 11 nitrogen and oxygen atoms in total. The van der Waals surface area contributed by atoms with Crippen LogP contribution in [0.1, 0.15) is 234 Å². The molecular weight excluding hydrogens is 987 g/mol. The van der Waals surface area contributed by atoms with Crippen LogP contribution in [0, 0.1) is 0 Å². The number of nitrogen functional groups attached to an aromatic ring is 2. The summed E-state index contributed by atoms with van der Waals surface area (Å²) in [5.41, 5.74) is 14.1. The molecule has 0 aromatic heterocycles. The maximum Gasteiger partial charge on any atom is 0.343 e. The van der Waals surface area contributed by atoms with Gasteiger partial charge in [-0.1, -0.05) is 194 Å². The Morgan fingerprint density at radius 2 is 0.709 bits per heavy atom. The highest BCUT2D eigenvalue weighted by molar-refractivity contribution is 6.05. The van der Waals surface area contributed by atoms with E-state index in [1.165, 1.54) is 154 Å². The molecule has 1 amide bonds. The standard InChI is InChI=1S/C68H97N3O8/c1-4-7-10-13-16-19-22-25-28-31-46-74-64-51-55(52-65(75-47-32-29-26-23-20-17-14-11-8-5-2)66(64)76-48-33-30-27-24-21-18-15-12-9-6-3)68(73)79-61-44-38-58(39-45-61)71-67(72)54-49-62(77-59-40-34-56(69)35-41-59)53-63(50-54)78-60-42-36-57(70)37-43-60/h34-45,49-53H,4-33,46-48,69-70H2,1-3H3,(H,71,72). The summed E-state index contributed by atoms with van der Waals surface area (Å²) in [5.74, 6) is 2.76. The molecule has 0 radical (unpaired) electrons. The van der Waals surface area contributed by atoms with Gasteiger partial charge in [-0.15, -0.1) is 0 Å². The fourth-order valence-corrected chi connectivity index (χ4v) is 9.50. The molecular formula is C68H97N3O8. The second-order valence-electron chi connectivity index (χ2n) is 21.3. The van der Waals surface area contributed by atoms with Crippen LogP contribution in [0.25, 0.3) is 0 Å². The largest absolute Gasteiger partial charge is 0.490 e. The van der Waals surface area contributed by atoms with Crippen molar-refractivity contribution < 1.29 is 38.0 Å². The van der Waals surface area contributed by atoms with Gasteiger partial charge in [0.15, 0.2) is 11.5 Å². The van der Waals surface area contributed by atoms with Crippen molar-refractivity contribution in [3.05, 3.63) is 114 Å². The van der Waals surface area contributed by atoms with Gasteiger partial charge in [0.05, 0.1) is 25.4 Å². The van der Waals surface area contributed by atoms with Crippen molar-refractivity contribution in [1.82, 2.24) is 0 Å². The SMILES string of the molecule is CCCCCCCCCCCCOc1cc(C(=O)Oc2ccc(NC(=O)c3cc(Oc4ccc(N)cc4)cc(Oc4ccc(N)cc4)c3)cc2)cc(OCCCCCCCCCCCC)c1OCCCCCCCCCCCC. The molecule has 0 unspecified atom stereocenters. The number of rotatable bonds is 44. The number of ether oxygens (including phenoxy) is 6. The molecule has 5 aromatic rings. The number of hydrogen-bond acceptors (Lipinski definition) is 10. The summed E-state index contributed by atoms with van der Waals surface area (Å²) in [5, 5.41) is 2.95. The smallest absolute Gasteiger partial charge is 0.343 e. The fourth-order valence-electron chi connectivity index (χ4n) is 9.50. The number of amides is 1. The number of unbranched alkanes of at least 4 members (excludes halogenated alkanes) is 27. The van der Waals surface area contributed by atoms with Crippen molar-refractivity contribution in [3.63, 3.8) is 0 Å². The van der Waals surface area contributed by atoms with Crippen molar-refractivity contribution >= 4 is 28.9 Å². The number of hydrogen-bond donors (Lipinski definition) is 3. The van der Waals surface area contributed by atoms with Crippen LogP contribution in [-0.2, 0) is 0 Å². The van der Waals surface area contributed by atoms with E-state index in [0.717, 1.165) is 38.5 Å². The lowest BCUT2D eigenvalue weighted by Gasteiger charge is -2.19. The number of benzene rings is 5. The normalized spacial score (nSPS) is 11.1. The van der Waals surface area contributed by atoms with E-state index >= 15 is 0 Å². The monoisotopic (exact) mass is 1080 g/mol. The number of nitrogens with one attached hydrogen (secondary N) is 1. The van der Waals surface area contributed by atoms with Gasteiger partial charge in [-0.2, -0.15) is 0 Å². The maximum atomic E-state index is 14.1. The zero-order valence-corrected chi connectivity index (χ0v) is 48.6. The van der Waals surface area contributed by atoms with E-state index in [9.17, 15) is 9.59 Å². The number of esters is 1. The van der Waals surface area contributed by atoms with Gasteiger partial charge < -0.3 is 45.2 Å². The maximum absolute atomic E-state index is 14.1. The third-order valence-electron chi connectivity index (χ3n) is 14.2. The Labute approximate surface area is 475 Å². The second-order valence-corrected chi connectivity index (χ2v) is 21.3. The van der Waals surface area contributed by atoms with Gasteiger partial charge in [0.25, 0.3) is 5.91 Å². The van der Waals surface area contributed by atoms with E-state index in [1.807, 2.05) is 0 Å². The first-order valence-electron chi connectivity index (χ1n) is 30.7. The predicted octanol–water partition coefficient (Wildman–Crippen LogP) is 19.8. The Balaban J connectivity index is 1.27. The lowest BCUT2D eigenvalue weighted by atomic mass is 10.1. The molecule has 0 aliphatic carbocycles. The molecule has 432 valence electrons. The summed E-state index contributed by atoms with van der Waals surface area (Å²) >= 11 is 0. The lowest BCUT2D eigenvalue weighted by Crippen LogP contribution is -2.13. The second kappa shape index (κ2) is 39.1. The number of carbonyl (C=O) groups excluding carboxylic acids is 2. The van der Waals surface area contributed by atoms with Gasteiger partial charge in [-0.25, -0.2) is 4.79 Å². The van der Waals surface area contributed by atoms with Crippen LogP contribution in [0.3, 0.4) is 0 Å². The van der Waals surface area contributed by atoms with Crippen LogP contribution >= 0.6 is 0 Å². The van der Waals surface area contributed by atoms with Gasteiger partial charge in [0.1, 0.15) is 28.7 Å². The van der Waals surface area contributed by atoms with E-state index < -0.39 is 11.9 Å². The van der Waals surface area contributed by atoms with Crippen molar-refractivity contribution in [2.75, 3.05) is 36.6 Å². The Bertz CT molecular complexity index is 2310. The van der Waals surface area contributed by atoms with E-state index in [2.05, 4.69) is 26.1 Å².